The van der Waals surface area contributed by atoms with Crippen molar-refractivity contribution in [3.05, 3.63) is 71.3 Å². The number of benzene rings is 2. The Morgan fingerprint density at radius 3 is 2.61 bits per heavy atom. The van der Waals surface area contributed by atoms with E-state index in [0.717, 1.165) is 68.1 Å². The van der Waals surface area contributed by atoms with Gasteiger partial charge in [0.05, 0.1) is 17.9 Å². The van der Waals surface area contributed by atoms with Crippen LogP contribution in [0.15, 0.2) is 58.2 Å². The molecule has 4 aliphatic rings. The van der Waals surface area contributed by atoms with Gasteiger partial charge in [0, 0.05) is 46.5 Å². The van der Waals surface area contributed by atoms with Crippen LogP contribution in [0.3, 0.4) is 0 Å². The quantitative estimate of drug-likeness (QED) is 0.304. The Morgan fingerprint density at radius 1 is 0.868 bits per heavy atom. The summed E-state index contributed by atoms with van der Waals surface area (Å²) in [6.45, 7) is 2.18. The minimum Gasteiger partial charge on any atom is -0.456 e. The van der Waals surface area contributed by atoms with Crippen LogP contribution in [0.2, 0.25) is 0 Å². The fourth-order valence-electron chi connectivity index (χ4n) is 6.84. The standard InChI is InChI=1S/C32H33N5O/c1-4-20-14-19(22-16-28(35-17-22)26-6-2-12-33-26)8-10-23(20)31-24(5-1)25-15-21(9-11-30(25)38-31)29-18-36-32(37-29)27-7-3-13-34-27/h8-11,14-15,17-18,26-27,33-34H,1-7,12-13,16H2,(H,36,37)/t26-,27-/m0/s1. The lowest BCUT2D eigenvalue weighted by Crippen LogP contribution is -2.29. The molecule has 0 spiro atoms. The Morgan fingerprint density at radius 2 is 1.74 bits per heavy atom. The van der Waals surface area contributed by atoms with Crippen LogP contribution in [0, 0.1) is 0 Å². The number of aromatic nitrogens is 2. The molecule has 3 N–H and O–H groups in total. The molecule has 2 saturated heterocycles. The van der Waals surface area contributed by atoms with Gasteiger partial charge in [-0.2, -0.15) is 0 Å². The third-order valence-corrected chi connectivity index (χ3v) is 8.90. The maximum Gasteiger partial charge on any atom is 0.138 e. The highest BCUT2D eigenvalue weighted by molar-refractivity contribution is 6.02. The molecule has 2 aromatic heterocycles. The number of aromatic amines is 1. The molecule has 6 heteroatoms. The monoisotopic (exact) mass is 503 g/mol. The molecule has 192 valence electrons. The van der Waals surface area contributed by atoms with Crippen molar-refractivity contribution >= 4 is 22.3 Å². The molecule has 5 heterocycles. The van der Waals surface area contributed by atoms with Gasteiger partial charge in [0.2, 0.25) is 0 Å². The number of furan rings is 1. The van der Waals surface area contributed by atoms with Crippen LogP contribution in [0.1, 0.15) is 67.1 Å². The van der Waals surface area contributed by atoms with Gasteiger partial charge in [-0.05, 0) is 92.9 Å². The van der Waals surface area contributed by atoms with Gasteiger partial charge in [0.15, 0.2) is 0 Å². The zero-order valence-corrected chi connectivity index (χ0v) is 21.6. The minimum atomic E-state index is 0.344. The number of H-pyrrole nitrogens is 1. The lowest BCUT2D eigenvalue weighted by Gasteiger charge is -2.12. The maximum atomic E-state index is 6.54. The molecule has 38 heavy (non-hydrogen) atoms. The molecule has 0 saturated carbocycles. The zero-order chi connectivity index (χ0) is 25.1. The molecule has 2 fully saturated rings. The third kappa shape index (κ3) is 3.77. The van der Waals surface area contributed by atoms with Crippen molar-refractivity contribution in [2.45, 2.75) is 63.5 Å². The molecule has 3 aliphatic heterocycles. The predicted molar refractivity (Wildman–Crippen MR) is 152 cm³/mol. The first-order valence-corrected chi connectivity index (χ1v) is 14.3. The molecule has 2 aromatic carbocycles. The summed E-state index contributed by atoms with van der Waals surface area (Å²) in [5.41, 5.74) is 11.1. The first kappa shape index (κ1) is 22.5. The molecule has 0 radical (unpaired) electrons. The molecular formula is C32H33N5O. The zero-order valence-electron chi connectivity index (χ0n) is 21.6. The van der Waals surface area contributed by atoms with E-state index in [9.17, 15) is 0 Å². The van der Waals surface area contributed by atoms with Gasteiger partial charge in [-0.25, -0.2) is 4.98 Å². The second kappa shape index (κ2) is 9.07. The Bertz CT molecular complexity index is 1590. The first-order chi connectivity index (χ1) is 18.8. The summed E-state index contributed by atoms with van der Waals surface area (Å²) >= 11 is 0. The molecule has 6 nitrogen and oxygen atoms in total. The lowest BCUT2D eigenvalue weighted by atomic mass is 9.94. The van der Waals surface area contributed by atoms with Gasteiger partial charge >= 0.3 is 0 Å². The van der Waals surface area contributed by atoms with Crippen LogP contribution >= 0.6 is 0 Å². The van der Waals surface area contributed by atoms with Gasteiger partial charge in [-0.3, -0.25) is 4.99 Å². The fraction of sp³-hybridized carbons (Fsp3) is 0.375. The average molecular weight is 504 g/mol. The van der Waals surface area contributed by atoms with Gasteiger partial charge in [0.1, 0.15) is 17.2 Å². The normalized spacial score (nSPS) is 22.8. The summed E-state index contributed by atoms with van der Waals surface area (Å²) in [5.74, 6) is 2.09. The van der Waals surface area contributed by atoms with Crippen molar-refractivity contribution < 1.29 is 4.42 Å². The van der Waals surface area contributed by atoms with E-state index < -0.39 is 0 Å². The number of rotatable bonds is 4. The van der Waals surface area contributed by atoms with E-state index >= 15 is 0 Å². The molecule has 0 bridgehead atoms. The fourth-order valence-corrected chi connectivity index (χ4v) is 6.84. The van der Waals surface area contributed by atoms with Gasteiger partial charge in [0.25, 0.3) is 0 Å². The largest absolute Gasteiger partial charge is 0.456 e. The number of allylic oxidation sites excluding steroid dienone is 1. The molecule has 4 aromatic rings. The smallest absolute Gasteiger partial charge is 0.138 e. The highest BCUT2D eigenvalue weighted by Crippen LogP contribution is 2.41. The molecule has 0 amide bonds. The van der Waals surface area contributed by atoms with E-state index in [2.05, 4.69) is 63.2 Å². The Hall–Kier alpha value is -3.48. The summed E-state index contributed by atoms with van der Waals surface area (Å²) in [5, 5.41) is 8.36. The summed E-state index contributed by atoms with van der Waals surface area (Å²) in [6.07, 6.45) is 13.1. The van der Waals surface area contributed by atoms with Gasteiger partial charge in [-0.1, -0.05) is 18.2 Å². The number of nitrogens with zero attached hydrogens (tertiary/aromatic N) is 2. The minimum absolute atomic E-state index is 0.344. The van der Waals surface area contributed by atoms with Crippen LogP contribution in [0.25, 0.3) is 39.1 Å². The van der Waals surface area contributed by atoms with Crippen LogP contribution in [0.4, 0.5) is 0 Å². The van der Waals surface area contributed by atoms with Crippen molar-refractivity contribution in [3.8, 4) is 22.6 Å². The molecule has 0 unspecified atom stereocenters. The van der Waals surface area contributed by atoms with E-state index in [1.54, 1.807) is 0 Å². The average Bonchev–Trinajstić information content (AvgIpc) is 3.77. The second-order valence-electron chi connectivity index (χ2n) is 11.3. The lowest BCUT2D eigenvalue weighted by molar-refractivity contribution is 0.613. The molecule has 8 rings (SSSR count). The number of aryl methyl sites for hydroxylation is 2. The van der Waals surface area contributed by atoms with Crippen LogP contribution < -0.4 is 10.6 Å². The Kier molecular flexibility index (Phi) is 5.37. The summed E-state index contributed by atoms with van der Waals surface area (Å²) in [7, 11) is 0. The van der Waals surface area contributed by atoms with Crippen LogP contribution in [-0.4, -0.2) is 34.8 Å². The van der Waals surface area contributed by atoms with E-state index in [1.165, 1.54) is 63.8 Å². The van der Waals surface area contributed by atoms with E-state index in [-0.39, 0.29) is 0 Å². The number of hydrogen-bond donors (Lipinski definition) is 3. The Labute approximate surface area is 222 Å². The maximum absolute atomic E-state index is 6.54. The predicted octanol–water partition coefficient (Wildman–Crippen LogP) is 6.34. The SMILES string of the molecule is C1=C(c2ccc3c(c2)CCCc2c-3oc3ccc(-c4cnc([C@@H]5CCCN5)[nH]4)cc23)CC([C@@H]2CCCN2)=N1. The number of aliphatic imine (C=N–C) groups is 1. The second-order valence-corrected chi connectivity index (χ2v) is 11.3. The third-order valence-electron chi connectivity index (χ3n) is 8.90. The highest BCUT2D eigenvalue weighted by Gasteiger charge is 2.26. The van der Waals surface area contributed by atoms with Crippen LogP contribution in [-0.2, 0) is 12.8 Å². The van der Waals surface area contributed by atoms with Crippen molar-refractivity contribution in [1.29, 1.82) is 0 Å². The summed E-state index contributed by atoms with van der Waals surface area (Å²) in [4.78, 5) is 13.0. The van der Waals surface area contributed by atoms with E-state index in [1.807, 2.05) is 6.20 Å². The van der Waals surface area contributed by atoms with Crippen LogP contribution in [0.5, 0.6) is 0 Å². The van der Waals surface area contributed by atoms with Gasteiger partial charge < -0.3 is 20.0 Å². The van der Waals surface area contributed by atoms with Gasteiger partial charge in [-0.15, -0.1) is 0 Å². The number of imidazole rings is 1. The van der Waals surface area contributed by atoms with E-state index in [4.69, 9.17) is 9.41 Å². The highest BCUT2D eigenvalue weighted by atomic mass is 16.3. The summed E-state index contributed by atoms with van der Waals surface area (Å²) in [6, 6.07) is 14.3. The number of hydrogen-bond acceptors (Lipinski definition) is 5. The van der Waals surface area contributed by atoms with Crippen molar-refractivity contribution in [3.63, 3.8) is 0 Å². The number of fused-ring (bicyclic) bond motifs is 5. The summed E-state index contributed by atoms with van der Waals surface area (Å²) < 4.78 is 6.54. The van der Waals surface area contributed by atoms with E-state index in [0.29, 0.717) is 12.1 Å². The van der Waals surface area contributed by atoms with Crippen molar-refractivity contribution in [2.75, 3.05) is 13.1 Å². The molecule has 2 atom stereocenters. The topological polar surface area (TPSA) is 78.2 Å². The first-order valence-electron chi connectivity index (χ1n) is 14.3. The Balaban J connectivity index is 1.10. The van der Waals surface area contributed by atoms with Crippen molar-refractivity contribution in [2.24, 2.45) is 4.99 Å². The molecular weight excluding hydrogens is 470 g/mol. The molecule has 1 aliphatic carbocycles. The number of nitrogens with one attached hydrogen (secondary N) is 3. The van der Waals surface area contributed by atoms with Crippen molar-refractivity contribution in [1.82, 2.24) is 20.6 Å².